The SMILES string of the molecule is O=C(O)CC1SC(=NN=Cc2ccc(C3CCC3)cc2)NC1=O. The molecule has 120 valence electrons. The summed E-state index contributed by atoms with van der Waals surface area (Å²) in [6, 6.07) is 8.25. The first kappa shape index (κ1) is 15.7. The number of nitrogens with one attached hydrogen (secondary N) is 1. The molecule has 0 aromatic heterocycles. The van der Waals surface area contributed by atoms with Gasteiger partial charge in [-0.1, -0.05) is 42.4 Å². The van der Waals surface area contributed by atoms with Crippen LogP contribution in [0.15, 0.2) is 34.5 Å². The van der Waals surface area contributed by atoms with Gasteiger partial charge in [-0.3, -0.25) is 9.59 Å². The lowest BCUT2D eigenvalue weighted by molar-refractivity contribution is -0.138. The zero-order chi connectivity index (χ0) is 16.2. The topological polar surface area (TPSA) is 91.1 Å². The summed E-state index contributed by atoms with van der Waals surface area (Å²) in [6.07, 6.45) is 5.26. The van der Waals surface area contributed by atoms with Gasteiger partial charge in [-0.25, -0.2) is 0 Å². The van der Waals surface area contributed by atoms with E-state index in [-0.39, 0.29) is 12.3 Å². The zero-order valence-electron chi connectivity index (χ0n) is 12.4. The lowest BCUT2D eigenvalue weighted by atomic mass is 9.80. The number of amidine groups is 1. The molecule has 1 amide bonds. The molecule has 1 aromatic rings. The zero-order valence-corrected chi connectivity index (χ0v) is 13.3. The predicted octanol–water partition coefficient (Wildman–Crippen LogP) is 2.35. The minimum atomic E-state index is -1.01. The maximum atomic E-state index is 11.6. The van der Waals surface area contributed by atoms with Crippen LogP contribution < -0.4 is 5.32 Å². The normalized spacial score (nSPS) is 23.2. The second-order valence-corrected chi connectivity index (χ2v) is 6.83. The van der Waals surface area contributed by atoms with Gasteiger partial charge in [-0.2, -0.15) is 5.10 Å². The van der Waals surface area contributed by atoms with Gasteiger partial charge in [0.25, 0.3) is 0 Å². The standard InChI is InChI=1S/C16H17N3O3S/c20-14(21)8-13-15(22)18-16(23-13)19-17-9-10-4-6-12(7-5-10)11-2-1-3-11/h4-7,9,11,13H,1-3,8H2,(H,20,21)(H,18,19,22). The number of benzene rings is 1. The summed E-state index contributed by atoms with van der Waals surface area (Å²) in [5.41, 5.74) is 2.31. The molecular weight excluding hydrogens is 314 g/mol. The van der Waals surface area contributed by atoms with Crippen LogP contribution in [0.2, 0.25) is 0 Å². The number of hydrogen-bond donors (Lipinski definition) is 2. The molecule has 2 N–H and O–H groups in total. The van der Waals surface area contributed by atoms with E-state index >= 15 is 0 Å². The molecule has 6 nitrogen and oxygen atoms in total. The third kappa shape index (κ3) is 3.98. The van der Waals surface area contributed by atoms with E-state index in [0.29, 0.717) is 11.1 Å². The van der Waals surface area contributed by atoms with E-state index in [2.05, 4.69) is 27.7 Å². The molecule has 23 heavy (non-hydrogen) atoms. The number of carboxylic acids is 1. The largest absolute Gasteiger partial charge is 0.481 e. The summed E-state index contributed by atoms with van der Waals surface area (Å²) in [7, 11) is 0. The molecule has 0 radical (unpaired) electrons. The molecule has 1 heterocycles. The molecule has 1 saturated heterocycles. The first-order chi connectivity index (χ1) is 11.1. The Morgan fingerprint density at radius 1 is 1.35 bits per heavy atom. The Morgan fingerprint density at radius 2 is 2.09 bits per heavy atom. The first-order valence-electron chi connectivity index (χ1n) is 7.52. The van der Waals surface area contributed by atoms with E-state index in [0.717, 1.165) is 17.3 Å². The maximum absolute atomic E-state index is 11.6. The van der Waals surface area contributed by atoms with Gasteiger partial charge in [0.05, 0.1) is 12.6 Å². The van der Waals surface area contributed by atoms with Gasteiger partial charge >= 0.3 is 5.97 Å². The second kappa shape index (κ2) is 6.95. The Balaban J connectivity index is 1.57. The van der Waals surface area contributed by atoms with Crippen molar-refractivity contribution in [3.05, 3.63) is 35.4 Å². The highest BCUT2D eigenvalue weighted by molar-refractivity contribution is 8.15. The Kier molecular flexibility index (Phi) is 4.76. The van der Waals surface area contributed by atoms with Crippen molar-refractivity contribution in [3.63, 3.8) is 0 Å². The fourth-order valence-corrected chi connectivity index (χ4v) is 3.40. The van der Waals surface area contributed by atoms with Crippen LogP contribution in [0.25, 0.3) is 0 Å². The number of amides is 1. The Morgan fingerprint density at radius 3 is 2.70 bits per heavy atom. The highest BCUT2D eigenvalue weighted by atomic mass is 32.2. The number of nitrogens with zero attached hydrogens (tertiary/aromatic N) is 2. The van der Waals surface area contributed by atoms with E-state index in [1.54, 1.807) is 6.21 Å². The molecule has 1 saturated carbocycles. The molecule has 7 heteroatoms. The van der Waals surface area contributed by atoms with Crippen LogP contribution in [-0.2, 0) is 9.59 Å². The molecular formula is C16H17N3O3S. The third-order valence-corrected chi connectivity index (χ3v) is 5.08. The number of aliphatic carboxylic acids is 1. The van der Waals surface area contributed by atoms with E-state index in [1.165, 1.54) is 24.8 Å². The molecule has 0 spiro atoms. The molecule has 2 aliphatic rings. The van der Waals surface area contributed by atoms with Crippen molar-refractivity contribution in [1.29, 1.82) is 0 Å². The fourth-order valence-electron chi connectivity index (χ4n) is 2.49. The summed E-state index contributed by atoms with van der Waals surface area (Å²) >= 11 is 1.09. The highest BCUT2D eigenvalue weighted by Gasteiger charge is 2.32. The number of carbonyl (C=O) groups is 2. The van der Waals surface area contributed by atoms with Crippen LogP contribution in [-0.4, -0.2) is 33.6 Å². The number of thioether (sulfide) groups is 1. The molecule has 1 aromatic carbocycles. The summed E-state index contributed by atoms with van der Waals surface area (Å²) in [5, 5.41) is 18.9. The van der Waals surface area contributed by atoms with E-state index in [4.69, 9.17) is 5.11 Å². The van der Waals surface area contributed by atoms with Gasteiger partial charge in [-0.05, 0) is 29.9 Å². The summed E-state index contributed by atoms with van der Waals surface area (Å²) in [4.78, 5) is 22.2. The van der Waals surface area contributed by atoms with Crippen molar-refractivity contribution < 1.29 is 14.7 Å². The van der Waals surface area contributed by atoms with Crippen molar-refractivity contribution in [3.8, 4) is 0 Å². The van der Waals surface area contributed by atoms with Crippen LogP contribution in [0.3, 0.4) is 0 Å². The van der Waals surface area contributed by atoms with Crippen molar-refractivity contribution >= 4 is 35.0 Å². The molecule has 0 bridgehead atoms. The van der Waals surface area contributed by atoms with Gasteiger partial charge in [0.15, 0.2) is 5.17 Å². The van der Waals surface area contributed by atoms with Gasteiger partial charge in [0, 0.05) is 0 Å². The third-order valence-electron chi connectivity index (χ3n) is 4.00. The number of carboxylic acid groups (broad SMARTS) is 1. The molecule has 1 aliphatic carbocycles. The summed E-state index contributed by atoms with van der Waals surface area (Å²) in [6.45, 7) is 0. The number of rotatable bonds is 5. The highest BCUT2D eigenvalue weighted by Crippen LogP contribution is 2.36. The van der Waals surface area contributed by atoms with Gasteiger partial charge in [0.1, 0.15) is 5.25 Å². The van der Waals surface area contributed by atoms with Crippen molar-refractivity contribution in [2.75, 3.05) is 0 Å². The van der Waals surface area contributed by atoms with Crippen LogP contribution in [0.5, 0.6) is 0 Å². The average Bonchev–Trinajstić information content (AvgIpc) is 2.78. The summed E-state index contributed by atoms with van der Waals surface area (Å²) < 4.78 is 0. The van der Waals surface area contributed by atoms with E-state index < -0.39 is 11.2 Å². The predicted molar refractivity (Wildman–Crippen MR) is 89.8 cm³/mol. The second-order valence-electron chi connectivity index (χ2n) is 5.64. The first-order valence-corrected chi connectivity index (χ1v) is 8.40. The lowest BCUT2D eigenvalue weighted by Gasteiger charge is -2.25. The lowest BCUT2D eigenvalue weighted by Crippen LogP contribution is -2.26. The van der Waals surface area contributed by atoms with Crippen LogP contribution in [0.4, 0.5) is 0 Å². The Labute approximate surface area is 138 Å². The number of hydrogen-bond acceptors (Lipinski definition) is 5. The van der Waals surface area contributed by atoms with Gasteiger partial charge < -0.3 is 10.4 Å². The van der Waals surface area contributed by atoms with E-state index in [9.17, 15) is 9.59 Å². The maximum Gasteiger partial charge on any atom is 0.305 e. The van der Waals surface area contributed by atoms with E-state index in [1.807, 2.05) is 12.1 Å². The Bertz CT molecular complexity index is 666. The quantitative estimate of drug-likeness (QED) is 0.640. The molecule has 1 atom stereocenters. The summed E-state index contributed by atoms with van der Waals surface area (Å²) in [5.74, 6) is -0.636. The van der Waals surface area contributed by atoms with Crippen molar-refractivity contribution in [2.24, 2.45) is 10.2 Å². The van der Waals surface area contributed by atoms with Crippen molar-refractivity contribution in [2.45, 2.75) is 36.9 Å². The van der Waals surface area contributed by atoms with Crippen LogP contribution >= 0.6 is 11.8 Å². The molecule has 3 rings (SSSR count). The van der Waals surface area contributed by atoms with Crippen molar-refractivity contribution in [1.82, 2.24) is 5.32 Å². The van der Waals surface area contributed by atoms with Gasteiger partial charge in [0.2, 0.25) is 5.91 Å². The molecule has 1 unspecified atom stereocenters. The Hall–Kier alpha value is -2.15. The smallest absolute Gasteiger partial charge is 0.305 e. The molecule has 2 fully saturated rings. The van der Waals surface area contributed by atoms with Gasteiger partial charge in [-0.15, -0.1) is 5.10 Å². The monoisotopic (exact) mass is 331 g/mol. The fraction of sp³-hybridized carbons (Fsp3) is 0.375. The number of carbonyl (C=O) groups excluding carboxylic acids is 1. The van der Waals surface area contributed by atoms with Crippen LogP contribution in [0, 0.1) is 0 Å². The minimum absolute atomic E-state index is 0.220. The average molecular weight is 331 g/mol. The van der Waals surface area contributed by atoms with Crippen LogP contribution in [0.1, 0.15) is 42.7 Å². The minimum Gasteiger partial charge on any atom is -0.481 e. The molecule has 1 aliphatic heterocycles.